The summed E-state index contributed by atoms with van der Waals surface area (Å²) >= 11 is 0. The highest BCUT2D eigenvalue weighted by atomic mass is 28.3. The molecule has 2 aromatic carbocycles. The molecule has 4 heteroatoms. The van der Waals surface area contributed by atoms with Gasteiger partial charge in [0.25, 0.3) is 6.33 Å². The fraction of sp³-hybridized carbons (Fsp3) is 0.200. The second-order valence-corrected chi connectivity index (χ2v) is 11.2. The summed E-state index contributed by atoms with van der Waals surface area (Å²) in [5, 5.41) is 2.74. The van der Waals surface area contributed by atoms with Crippen LogP contribution in [-0.2, 0) is 7.05 Å². The topological polar surface area (TPSA) is 26.0 Å². The SMILES string of the molecule is Cc1ccc2c(c1-c1ccnc[n+]1C)[Si](C)(C)c1ccccc1O2. The normalized spacial score (nSPS) is 14.5. The molecule has 3 aromatic rings. The molecule has 1 aromatic heterocycles. The van der Waals surface area contributed by atoms with Gasteiger partial charge in [-0.2, -0.15) is 0 Å². The molecule has 0 unspecified atom stereocenters. The standard InChI is InChI=1S/C20H21N2OSi/c1-14-9-10-17-20(19(14)15-11-12-21-13-22(15)2)24(3,4)18-8-6-5-7-16(18)23-17/h5-13H,1-4H3/q+1. The Hall–Kier alpha value is -2.46. The molecule has 0 atom stereocenters. The highest BCUT2D eigenvalue weighted by Crippen LogP contribution is 2.34. The second kappa shape index (κ2) is 5.28. The van der Waals surface area contributed by atoms with E-state index in [0.29, 0.717) is 0 Å². The minimum Gasteiger partial charge on any atom is -0.458 e. The van der Waals surface area contributed by atoms with Gasteiger partial charge in [-0.3, -0.25) is 0 Å². The van der Waals surface area contributed by atoms with Crippen LogP contribution >= 0.6 is 0 Å². The number of nitrogens with zero attached hydrogens (tertiary/aromatic N) is 2. The second-order valence-electron chi connectivity index (χ2n) is 6.93. The van der Waals surface area contributed by atoms with Gasteiger partial charge in [0.05, 0.1) is 7.05 Å². The third-order valence-corrected chi connectivity index (χ3v) is 8.48. The average Bonchev–Trinajstić information content (AvgIpc) is 2.56. The predicted octanol–water partition coefficient (Wildman–Crippen LogP) is 2.81. The fourth-order valence-corrected chi connectivity index (χ4v) is 6.97. The maximum atomic E-state index is 6.28. The Morgan fingerprint density at radius 3 is 2.58 bits per heavy atom. The molecular weight excluding hydrogens is 312 g/mol. The van der Waals surface area contributed by atoms with Gasteiger partial charge >= 0.3 is 0 Å². The van der Waals surface area contributed by atoms with Crippen LogP contribution in [0.5, 0.6) is 11.5 Å². The number of hydrogen-bond acceptors (Lipinski definition) is 2. The van der Waals surface area contributed by atoms with Crippen molar-refractivity contribution in [2.24, 2.45) is 7.05 Å². The number of hydrogen-bond donors (Lipinski definition) is 0. The van der Waals surface area contributed by atoms with Crippen molar-refractivity contribution in [3.63, 3.8) is 0 Å². The molecule has 3 nitrogen and oxygen atoms in total. The molecule has 0 saturated heterocycles. The van der Waals surface area contributed by atoms with Gasteiger partial charge in [0.1, 0.15) is 31.5 Å². The van der Waals surface area contributed by atoms with Crippen LogP contribution in [0.4, 0.5) is 0 Å². The molecule has 0 radical (unpaired) electrons. The molecule has 0 bridgehead atoms. The number of aromatic nitrogens is 2. The van der Waals surface area contributed by atoms with Crippen LogP contribution in [0.2, 0.25) is 13.1 Å². The third-order valence-electron chi connectivity index (χ3n) is 4.98. The minimum atomic E-state index is -1.87. The van der Waals surface area contributed by atoms with Crippen molar-refractivity contribution < 1.29 is 9.30 Å². The molecule has 0 amide bonds. The number of benzene rings is 2. The maximum absolute atomic E-state index is 6.28. The van der Waals surface area contributed by atoms with E-state index in [4.69, 9.17) is 4.74 Å². The van der Waals surface area contributed by atoms with Gasteiger partial charge in [0.15, 0.2) is 0 Å². The van der Waals surface area contributed by atoms with Gasteiger partial charge < -0.3 is 4.74 Å². The van der Waals surface area contributed by atoms with Crippen molar-refractivity contribution in [3.05, 3.63) is 60.6 Å². The van der Waals surface area contributed by atoms with E-state index < -0.39 is 8.07 Å². The van der Waals surface area contributed by atoms with E-state index in [2.05, 4.69) is 66.0 Å². The number of fused-ring (bicyclic) bond motifs is 2. The fourth-order valence-electron chi connectivity index (χ4n) is 3.74. The lowest BCUT2D eigenvalue weighted by Crippen LogP contribution is -2.57. The zero-order valence-electron chi connectivity index (χ0n) is 14.5. The van der Waals surface area contributed by atoms with Crippen LogP contribution in [0.25, 0.3) is 11.3 Å². The first-order chi connectivity index (χ1) is 11.5. The summed E-state index contributed by atoms with van der Waals surface area (Å²) in [4.78, 5) is 4.23. The van der Waals surface area contributed by atoms with E-state index in [9.17, 15) is 0 Å². The van der Waals surface area contributed by atoms with Crippen LogP contribution in [0, 0.1) is 6.92 Å². The highest BCUT2D eigenvalue weighted by Gasteiger charge is 2.39. The molecule has 1 aliphatic heterocycles. The van der Waals surface area contributed by atoms with Crippen LogP contribution in [0.15, 0.2) is 55.0 Å². The van der Waals surface area contributed by atoms with E-state index >= 15 is 0 Å². The molecule has 0 spiro atoms. The quantitative estimate of drug-likeness (QED) is 0.506. The van der Waals surface area contributed by atoms with Crippen molar-refractivity contribution in [3.8, 4) is 22.8 Å². The average molecular weight is 333 g/mol. The summed E-state index contributed by atoms with van der Waals surface area (Å²) in [5.41, 5.74) is 3.76. The zero-order chi connectivity index (χ0) is 16.9. The van der Waals surface area contributed by atoms with E-state index in [-0.39, 0.29) is 0 Å². The number of para-hydroxylation sites is 1. The Balaban J connectivity index is 2.06. The molecule has 0 aliphatic carbocycles. The molecule has 0 fully saturated rings. The third kappa shape index (κ3) is 2.10. The molecule has 0 saturated carbocycles. The number of aryl methyl sites for hydroxylation is 2. The molecule has 120 valence electrons. The van der Waals surface area contributed by atoms with E-state index in [0.717, 1.165) is 11.5 Å². The van der Waals surface area contributed by atoms with Crippen LogP contribution < -0.4 is 19.7 Å². The van der Waals surface area contributed by atoms with Crippen molar-refractivity contribution >= 4 is 18.4 Å². The lowest BCUT2D eigenvalue weighted by atomic mass is 10.0. The van der Waals surface area contributed by atoms with Crippen LogP contribution in [0.3, 0.4) is 0 Å². The highest BCUT2D eigenvalue weighted by molar-refractivity contribution is 7.02. The largest absolute Gasteiger partial charge is 0.458 e. The van der Waals surface area contributed by atoms with Gasteiger partial charge in [0.2, 0.25) is 0 Å². The molecule has 1 aliphatic rings. The van der Waals surface area contributed by atoms with Gasteiger partial charge in [-0.05, 0) is 35.0 Å². The molecule has 0 N–H and O–H groups in total. The Bertz CT molecular complexity index is 950. The first-order valence-electron chi connectivity index (χ1n) is 8.21. The van der Waals surface area contributed by atoms with Crippen molar-refractivity contribution in [2.75, 3.05) is 0 Å². The summed E-state index contributed by atoms with van der Waals surface area (Å²) in [5.74, 6) is 2.01. The minimum absolute atomic E-state index is 1.00. The van der Waals surface area contributed by atoms with Crippen LogP contribution in [0.1, 0.15) is 5.56 Å². The van der Waals surface area contributed by atoms with E-state index in [1.165, 1.54) is 27.2 Å². The molecule has 24 heavy (non-hydrogen) atoms. The van der Waals surface area contributed by atoms with E-state index in [1.807, 2.05) is 25.6 Å². The summed E-state index contributed by atoms with van der Waals surface area (Å²) in [6.45, 7) is 7.01. The van der Waals surface area contributed by atoms with Crippen LogP contribution in [-0.4, -0.2) is 13.1 Å². The molecule has 2 heterocycles. The molecule has 4 rings (SSSR count). The summed E-state index contributed by atoms with van der Waals surface area (Å²) in [7, 11) is 0.177. The number of ether oxygens (including phenoxy) is 1. The first kappa shape index (κ1) is 15.1. The van der Waals surface area contributed by atoms with Gasteiger partial charge in [-0.25, -0.2) is 4.57 Å². The van der Waals surface area contributed by atoms with Gasteiger partial charge in [-0.15, -0.1) is 0 Å². The maximum Gasteiger partial charge on any atom is 0.286 e. The Morgan fingerprint density at radius 1 is 1.00 bits per heavy atom. The van der Waals surface area contributed by atoms with Crippen molar-refractivity contribution in [1.82, 2.24) is 4.98 Å². The lowest BCUT2D eigenvalue weighted by molar-refractivity contribution is -0.663. The van der Waals surface area contributed by atoms with E-state index in [1.54, 1.807) is 0 Å². The zero-order valence-corrected chi connectivity index (χ0v) is 15.5. The Labute approximate surface area is 143 Å². The Kier molecular flexibility index (Phi) is 3.32. The molecular formula is C20H21N2OSi+. The lowest BCUT2D eigenvalue weighted by Gasteiger charge is -2.35. The van der Waals surface area contributed by atoms with Crippen molar-refractivity contribution in [2.45, 2.75) is 20.0 Å². The van der Waals surface area contributed by atoms with Gasteiger partial charge in [0, 0.05) is 11.6 Å². The Morgan fingerprint density at radius 2 is 1.79 bits per heavy atom. The predicted molar refractivity (Wildman–Crippen MR) is 98.9 cm³/mol. The summed E-state index contributed by atoms with van der Waals surface area (Å²) in [6.07, 6.45) is 3.72. The summed E-state index contributed by atoms with van der Waals surface area (Å²) < 4.78 is 8.37. The van der Waals surface area contributed by atoms with Crippen molar-refractivity contribution in [1.29, 1.82) is 0 Å². The number of rotatable bonds is 1. The monoisotopic (exact) mass is 333 g/mol. The first-order valence-corrected chi connectivity index (χ1v) is 11.2. The smallest absolute Gasteiger partial charge is 0.286 e. The summed E-state index contributed by atoms with van der Waals surface area (Å²) in [6, 6.07) is 14.8. The van der Waals surface area contributed by atoms with Gasteiger partial charge in [-0.1, -0.05) is 42.3 Å².